The summed E-state index contributed by atoms with van der Waals surface area (Å²) in [5.74, 6) is -1.10. The first-order valence-electron chi connectivity index (χ1n) is 6.28. The van der Waals surface area contributed by atoms with Crippen LogP contribution in [0.4, 0.5) is 9.18 Å². The highest BCUT2D eigenvalue weighted by molar-refractivity contribution is 5.98. The van der Waals surface area contributed by atoms with Crippen LogP contribution >= 0.6 is 0 Å². The number of benzene rings is 2. The first-order valence-corrected chi connectivity index (χ1v) is 6.28. The van der Waals surface area contributed by atoms with Gasteiger partial charge in [-0.15, -0.1) is 0 Å². The van der Waals surface area contributed by atoms with Crippen molar-refractivity contribution in [1.29, 1.82) is 0 Å². The van der Waals surface area contributed by atoms with Crippen molar-refractivity contribution in [1.82, 2.24) is 15.8 Å². The van der Waals surface area contributed by atoms with Crippen LogP contribution in [0.5, 0.6) is 0 Å². The van der Waals surface area contributed by atoms with Crippen molar-refractivity contribution in [3.8, 4) is 0 Å². The SMILES string of the molecule is O=C1NC(=O)N(Cc2ccc3cc(F)ccc3c2)NC1O. The number of halogens is 1. The summed E-state index contributed by atoms with van der Waals surface area (Å²) in [6, 6.07) is 9.11. The highest BCUT2D eigenvalue weighted by Gasteiger charge is 2.29. The average Bonchev–Trinajstić information content (AvgIpc) is 2.45. The molecule has 0 saturated carbocycles. The molecule has 1 saturated heterocycles. The Morgan fingerprint density at radius 3 is 2.67 bits per heavy atom. The molecule has 108 valence electrons. The first kappa shape index (κ1) is 13.5. The molecule has 0 aliphatic carbocycles. The summed E-state index contributed by atoms with van der Waals surface area (Å²) in [5, 5.41) is 14.1. The second kappa shape index (κ2) is 5.12. The van der Waals surface area contributed by atoms with Gasteiger partial charge in [0.2, 0.25) is 6.23 Å². The molecule has 0 spiro atoms. The van der Waals surface area contributed by atoms with Crippen LogP contribution in [0.2, 0.25) is 0 Å². The van der Waals surface area contributed by atoms with Gasteiger partial charge in [-0.05, 0) is 34.5 Å². The molecule has 7 heteroatoms. The fourth-order valence-electron chi connectivity index (χ4n) is 2.17. The summed E-state index contributed by atoms with van der Waals surface area (Å²) < 4.78 is 13.1. The molecule has 0 radical (unpaired) electrons. The second-order valence-electron chi connectivity index (χ2n) is 4.74. The van der Waals surface area contributed by atoms with E-state index in [-0.39, 0.29) is 12.4 Å². The van der Waals surface area contributed by atoms with E-state index in [2.05, 4.69) is 5.43 Å². The monoisotopic (exact) mass is 289 g/mol. The van der Waals surface area contributed by atoms with Gasteiger partial charge in [-0.2, -0.15) is 5.43 Å². The number of rotatable bonds is 2. The molecular formula is C14H12FN3O3. The lowest BCUT2D eigenvalue weighted by molar-refractivity contribution is -0.135. The number of nitrogens with zero attached hydrogens (tertiary/aromatic N) is 1. The summed E-state index contributed by atoms with van der Waals surface area (Å²) in [5.41, 5.74) is 3.17. The van der Waals surface area contributed by atoms with E-state index in [1.54, 1.807) is 18.2 Å². The van der Waals surface area contributed by atoms with E-state index in [1.807, 2.05) is 11.4 Å². The summed E-state index contributed by atoms with van der Waals surface area (Å²) in [6.45, 7) is 0.156. The van der Waals surface area contributed by atoms with Gasteiger partial charge in [-0.25, -0.2) is 9.18 Å². The van der Waals surface area contributed by atoms with Crippen LogP contribution in [-0.4, -0.2) is 28.3 Å². The molecule has 0 bridgehead atoms. The van der Waals surface area contributed by atoms with Crippen LogP contribution in [0.15, 0.2) is 36.4 Å². The van der Waals surface area contributed by atoms with Crippen molar-refractivity contribution < 1.29 is 19.1 Å². The molecule has 1 aliphatic rings. The zero-order valence-electron chi connectivity index (χ0n) is 10.8. The van der Waals surface area contributed by atoms with Crippen molar-refractivity contribution >= 4 is 22.7 Å². The zero-order valence-corrected chi connectivity index (χ0v) is 10.8. The van der Waals surface area contributed by atoms with Gasteiger partial charge in [0.05, 0.1) is 6.54 Å². The summed E-state index contributed by atoms with van der Waals surface area (Å²) in [7, 11) is 0. The van der Waals surface area contributed by atoms with Crippen molar-refractivity contribution in [2.24, 2.45) is 0 Å². The van der Waals surface area contributed by atoms with E-state index in [4.69, 9.17) is 0 Å². The lowest BCUT2D eigenvalue weighted by atomic mass is 10.1. The minimum Gasteiger partial charge on any atom is -0.369 e. The third-order valence-corrected chi connectivity index (χ3v) is 3.21. The van der Waals surface area contributed by atoms with E-state index in [0.717, 1.165) is 21.3 Å². The number of nitrogens with one attached hydrogen (secondary N) is 2. The molecule has 1 heterocycles. The van der Waals surface area contributed by atoms with Gasteiger partial charge in [0.25, 0.3) is 5.91 Å². The standard InChI is InChI=1S/C14H12FN3O3/c15-11-4-3-9-5-8(1-2-10(9)6-11)7-18-14(21)16-12(19)13(20)17-18/h1-6,13,17,20H,7H2,(H,16,19,21). The van der Waals surface area contributed by atoms with E-state index < -0.39 is 18.2 Å². The molecule has 1 unspecified atom stereocenters. The maximum absolute atomic E-state index is 13.1. The number of carbonyl (C=O) groups excluding carboxylic acids is 2. The number of urea groups is 1. The van der Waals surface area contributed by atoms with E-state index in [9.17, 15) is 19.1 Å². The molecule has 0 aromatic heterocycles. The third-order valence-electron chi connectivity index (χ3n) is 3.21. The Morgan fingerprint density at radius 1 is 1.14 bits per heavy atom. The molecular weight excluding hydrogens is 277 g/mol. The number of hydrogen-bond acceptors (Lipinski definition) is 4. The molecule has 3 amide bonds. The fourth-order valence-corrected chi connectivity index (χ4v) is 2.17. The van der Waals surface area contributed by atoms with Gasteiger partial charge < -0.3 is 5.11 Å². The minimum atomic E-state index is -1.46. The molecule has 21 heavy (non-hydrogen) atoms. The Labute approximate surface area is 119 Å². The Kier molecular flexibility index (Phi) is 3.28. The van der Waals surface area contributed by atoms with Crippen molar-refractivity contribution in [3.05, 3.63) is 47.8 Å². The van der Waals surface area contributed by atoms with Crippen molar-refractivity contribution in [2.75, 3.05) is 0 Å². The molecule has 2 aromatic rings. The number of amides is 3. The number of aliphatic hydroxyl groups is 1. The number of fused-ring (bicyclic) bond motifs is 1. The molecule has 1 fully saturated rings. The van der Waals surface area contributed by atoms with Crippen LogP contribution in [0, 0.1) is 5.82 Å². The quantitative estimate of drug-likeness (QED) is 0.765. The van der Waals surface area contributed by atoms with Gasteiger partial charge in [0, 0.05) is 0 Å². The maximum atomic E-state index is 13.1. The molecule has 6 nitrogen and oxygen atoms in total. The van der Waals surface area contributed by atoms with Gasteiger partial charge in [0.1, 0.15) is 5.82 Å². The first-order chi connectivity index (χ1) is 10.0. The zero-order chi connectivity index (χ0) is 15.0. The summed E-state index contributed by atoms with van der Waals surface area (Å²) in [6.07, 6.45) is -1.46. The third kappa shape index (κ3) is 2.69. The lowest BCUT2D eigenvalue weighted by Crippen LogP contribution is -2.63. The number of imide groups is 1. The van der Waals surface area contributed by atoms with Crippen LogP contribution in [0.1, 0.15) is 5.56 Å². The summed E-state index contributed by atoms with van der Waals surface area (Å²) in [4.78, 5) is 22.7. The van der Waals surface area contributed by atoms with Crippen molar-refractivity contribution in [2.45, 2.75) is 12.8 Å². The minimum absolute atomic E-state index is 0.156. The van der Waals surface area contributed by atoms with Gasteiger partial charge in [-0.3, -0.25) is 15.1 Å². The molecule has 2 aromatic carbocycles. The Morgan fingerprint density at radius 2 is 1.86 bits per heavy atom. The van der Waals surface area contributed by atoms with Crippen LogP contribution < -0.4 is 10.7 Å². The van der Waals surface area contributed by atoms with Crippen LogP contribution in [0.3, 0.4) is 0 Å². The van der Waals surface area contributed by atoms with E-state index >= 15 is 0 Å². The second-order valence-corrected chi connectivity index (χ2v) is 4.74. The molecule has 3 N–H and O–H groups in total. The smallest absolute Gasteiger partial charge is 0.338 e. The molecule has 1 aliphatic heterocycles. The normalized spacial score (nSPS) is 19.0. The molecule has 3 rings (SSSR count). The van der Waals surface area contributed by atoms with E-state index in [0.29, 0.717) is 0 Å². The van der Waals surface area contributed by atoms with Crippen LogP contribution in [0.25, 0.3) is 10.8 Å². The number of aliphatic hydroxyl groups excluding tert-OH is 1. The number of carbonyl (C=O) groups is 2. The Hall–Kier alpha value is -2.51. The molecule has 1 atom stereocenters. The Bertz CT molecular complexity index is 734. The summed E-state index contributed by atoms with van der Waals surface area (Å²) >= 11 is 0. The van der Waals surface area contributed by atoms with Gasteiger partial charge in [-0.1, -0.05) is 18.2 Å². The van der Waals surface area contributed by atoms with E-state index in [1.165, 1.54) is 12.1 Å². The van der Waals surface area contributed by atoms with Crippen LogP contribution in [-0.2, 0) is 11.3 Å². The van der Waals surface area contributed by atoms with Gasteiger partial charge in [0.15, 0.2) is 0 Å². The largest absolute Gasteiger partial charge is 0.369 e. The van der Waals surface area contributed by atoms with Gasteiger partial charge >= 0.3 is 6.03 Å². The maximum Gasteiger partial charge on any atom is 0.338 e. The average molecular weight is 289 g/mol. The number of hydrazine groups is 1. The number of hydrogen-bond donors (Lipinski definition) is 3. The highest BCUT2D eigenvalue weighted by Crippen LogP contribution is 2.18. The topological polar surface area (TPSA) is 81.7 Å². The van der Waals surface area contributed by atoms with Crippen molar-refractivity contribution in [3.63, 3.8) is 0 Å². The highest BCUT2D eigenvalue weighted by atomic mass is 19.1. The predicted octanol–water partition coefficient (Wildman–Crippen LogP) is 0.854. The lowest BCUT2D eigenvalue weighted by Gasteiger charge is -2.30. The predicted molar refractivity (Wildman–Crippen MR) is 72.1 cm³/mol. The fraction of sp³-hybridized carbons (Fsp3) is 0.143. The Balaban J connectivity index is 1.83.